The molecule has 7 heteroatoms. The van der Waals surface area contributed by atoms with E-state index < -0.39 is 16.6 Å². The summed E-state index contributed by atoms with van der Waals surface area (Å²) in [6, 6.07) is 5.55. The second-order valence-corrected chi connectivity index (χ2v) is 4.23. The van der Waals surface area contributed by atoms with Crippen LogP contribution in [0.2, 0.25) is 0 Å². The average Bonchev–Trinajstić information content (AvgIpc) is 2.07. The Morgan fingerprint density at radius 2 is 1.71 bits per heavy atom. The summed E-state index contributed by atoms with van der Waals surface area (Å²) in [7, 11) is 0. The molecule has 0 spiro atoms. The molecule has 78 valence electrons. The van der Waals surface area contributed by atoms with Crippen LogP contribution in [0.1, 0.15) is 0 Å². The normalized spacial score (nSPS) is 13.7. The van der Waals surface area contributed by atoms with Gasteiger partial charge in [-0.05, 0) is 24.3 Å². The van der Waals surface area contributed by atoms with E-state index in [0.717, 1.165) is 0 Å². The SMILES string of the molecule is O=S(Oc1ccc(Br)cc1)C(F)(F)F. The van der Waals surface area contributed by atoms with Gasteiger partial charge in [0, 0.05) is 4.47 Å². The zero-order valence-electron chi connectivity index (χ0n) is 6.55. The molecule has 0 bridgehead atoms. The summed E-state index contributed by atoms with van der Waals surface area (Å²) >= 11 is -0.213. The second kappa shape index (κ2) is 4.31. The van der Waals surface area contributed by atoms with Crippen LogP contribution in [0.3, 0.4) is 0 Å². The van der Waals surface area contributed by atoms with Crippen LogP contribution in [0.5, 0.6) is 5.75 Å². The highest BCUT2D eigenvalue weighted by atomic mass is 79.9. The van der Waals surface area contributed by atoms with E-state index in [0.29, 0.717) is 4.47 Å². The smallest absolute Gasteiger partial charge is 0.394 e. The maximum atomic E-state index is 11.8. The van der Waals surface area contributed by atoms with Gasteiger partial charge in [0.05, 0.1) is 0 Å². The minimum absolute atomic E-state index is 0.0936. The van der Waals surface area contributed by atoms with Crippen molar-refractivity contribution in [2.75, 3.05) is 0 Å². The Balaban J connectivity index is 2.71. The first-order chi connectivity index (χ1) is 6.39. The van der Waals surface area contributed by atoms with E-state index in [1.165, 1.54) is 24.3 Å². The molecule has 1 rings (SSSR count). The molecule has 0 saturated carbocycles. The largest absolute Gasteiger partial charge is 0.508 e. The zero-order chi connectivity index (χ0) is 10.8. The summed E-state index contributed by atoms with van der Waals surface area (Å²) in [6.45, 7) is 0. The van der Waals surface area contributed by atoms with E-state index in [2.05, 4.69) is 20.1 Å². The Morgan fingerprint density at radius 1 is 1.21 bits per heavy atom. The quantitative estimate of drug-likeness (QED) is 0.836. The minimum atomic E-state index is -4.85. The molecule has 0 radical (unpaired) electrons. The number of hydrogen-bond donors (Lipinski definition) is 0. The van der Waals surface area contributed by atoms with E-state index in [1.807, 2.05) is 0 Å². The summed E-state index contributed by atoms with van der Waals surface area (Å²) in [4.78, 5) is 0. The monoisotopic (exact) mass is 288 g/mol. The van der Waals surface area contributed by atoms with E-state index >= 15 is 0 Å². The zero-order valence-corrected chi connectivity index (χ0v) is 8.95. The third-order valence-corrected chi connectivity index (χ3v) is 2.42. The lowest BCUT2D eigenvalue weighted by Crippen LogP contribution is -2.20. The highest BCUT2D eigenvalue weighted by Gasteiger charge is 2.39. The summed E-state index contributed by atoms with van der Waals surface area (Å²) < 4.78 is 50.7. The third kappa shape index (κ3) is 3.30. The van der Waals surface area contributed by atoms with Crippen LogP contribution in [-0.2, 0) is 11.1 Å². The fraction of sp³-hybridized carbons (Fsp3) is 0.143. The van der Waals surface area contributed by atoms with Crippen LogP contribution in [0.4, 0.5) is 13.2 Å². The maximum absolute atomic E-state index is 11.8. The Morgan fingerprint density at radius 3 is 2.14 bits per heavy atom. The molecule has 0 aliphatic carbocycles. The second-order valence-electron chi connectivity index (χ2n) is 2.22. The number of alkyl halides is 3. The maximum Gasteiger partial charge on any atom is 0.508 e. The van der Waals surface area contributed by atoms with Gasteiger partial charge in [-0.3, -0.25) is 0 Å². The van der Waals surface area contributed by atoms with Crippen LogP contribution in [0, 0.1) is 0 Å². The number of halogens is 4. The molecule has 1 aromatic carbocycles. The molecular weight excluding hydrogens is 285 g/mol. The molecule has 2 nitrogen and oxygen atoms in total. The lowest BCUT2D eigenvalue weighted by atomic mass is 10.3. The number of benzene rings is 1. The minimum Gasteiger partial charge on any atom is -0.394 e. The van der Waals surface area contributed by atoms with Gasteiger partial charge >= 0.3 is 16.6 Å². The fourth-order valence-electron chi connectivity index (χ4n) is 0.625. The Bertz CT molecular complexity index is 336. The highest BCUT2D eigenvalue weighted by Crippen LogP contribution is 2.24. The van der Waals surface area contributed by atoms with Crippen molar-refractivity contribution >= 4 is 27.0 Å². The molecular formula is C7H4BrF3O2S. The van der Waals surface area contributed by atoms with Gasteiger partial charge < -0.3 is 4.18 Å². The molecule has 0 aliphatic rings. The first-order valence-corrected chi connectivity index (χ1v) is 5.19. The molecule has 1 unspecified atom stereocenters. The van der Waals surface area contributed by atoms with Crippen LogP contribution >= 0.6 is 15.9 Å². The molecule has 0 saturated heterocycles. The first-order valence-electron chi connectivity index (χ1n) is 3.32. The first kappa shape index (κ1) is 11.5. The van der Waals surface area contributed by atoms with Gasteiger partial charge in [-0.15, -0.1) is 0 Å². The lowest BCUT2D eigenvalue weighted by molar-refractivity contribution is -0.0437. The molecule has 0 aliphatic heterocycles. The van der Waals surface area contributed by atoms with Gasteiger partial charge in [-0.2, -0.15) is 13.2 Å². The van der Waals surface area contributed by atoms with Crippen LogP contribution in [0.25, 0.3) is 0 Å². The Kier molecular flexibility index (Phi) is 3.54. The summed E-state index contributed by atoms with van der Waals surface area (Å²) in [5.74, 6) is -0.0936. The van der Waals surface area contributed by atoms with Crippen molar-refractivity contribution in [2.24, 2.45) is 0 Å². The van der Waals surface area contributed by atoms with E-state index in [-0.39, 0.29) is 5.75 Å². The Hall–Kier alpha value is -0.560. The van der Waals surface area contributed by atoms with Gasteiger partial charge in [0.25, 0.3) is 0 Å². The van der Waals surface area contributed by atoms with Gasteiger partial charge in [0.15, 0.2) is 0 Å². The van der Waals surface area contributed by atoms with Crippen molar-refractivity contribution in [1.29, 1.82) is 0 Å². The fourth-order valence-corrected chi connectivity index (χ4v) is 1.27. The number of rotatable bonds is 2. The molecule has 0 heterocycles. The molecule has 1 aromatic rings. The molecule has 0 N–H and O–H groups in total. The lowest BCUT2D eigenvalue weighted by Gasteiger charge is -2.06. The molecule has 14 heavy (non-hydrogen) atoms. The Labute approximate surface area is 88.9 Å². The van der Waals surface area contributed by atoms with Crippen LogP contribution < -0.4 is 4.18 Å². The van der Waals surface area contributed by atoms with Crippen molar-refractivity contribution < 1.29 is 21.6 Å². The van der Waals surface area contributed by atoms with E-state index in [9.17, 15) is 17.4 Å². The molecule has 0 aromatic heterocycles. The predicted molar refractivity (Wildman–Crippen MR) is 49.0 cm³/mol. The summed E-state index contributed by atoms with van der Waals surface area (Å²) in [6.07, 6.45) is 0. The van der Waals surface area contributed by atoms with Crippen LogP contribution in [-0.4, -0.2) is 9.72 Å². The van der Waals surface area contributed by atoms with Crippen molar-refractivity contribution in [1.82, 2.24) is 0 Å². The van der Waals surface area contributed by atoms with Crippen molar-refractivity contribution in [2.45, 2.75) is 5.51 Å². The van der Waals surface area contributed by atoms with Gasteiger partial charge in [0.1, 0.15) is 5.75 Å². The molecule has 1 atom stereocenters. The topological polar surface area (TPSA) is 26.3 Å². The van der Waals surface area contributed by atoms with Gasteiger partial charge in [0.2, 0.25) is 0 Å². The van der Waals surface area contributed by atoms with E-state index in [1.54, 1.807) is 0 Å². The van der Waals surface area contributed by atoms with Gasteiger partial charge in [-0.1, -0.05) is 15.9 Å². The van der Waals surface area contributed by atoms with Crippen LogP contribution in [0.15, 0.2) is 28.7 Å². The van der Waals surface area contributed by atoms with Gasteiger partial charge in [-0.25, -0.2) is 4.21 Å². The standard InChI is InChI=1S/C7H4BrF3O2S/c8-5-1-3-6(4-2-5)13-14(12)7(9,10)11/h1-4H. The predicted octanol–water partition coefficient (Wildman–Crippen LogP) is 3.01. The highest BCUT2D eigenvalue weighted by molar-refractivity contribution is 9.10. The van der Waals surface area contributed by atoms with Crippen molar-refractivity contribution in [3.8, 4) is 5.75 Å². The molecule has 0 fully saturated rings. The number of hydrogen-bond acceptors (Lipinski definition) is 2. The van der Waals surface area contributed by atoms with Crippen molar-refractivity contribution in [3.63, 3.8) is 0 Å². The van der Waals surface area contributed by atoms with Crippen molar-refractivity contribution in [3.05, 3.63) is 28.7 Å². The molecule has 0 amide bonds. The summed E-state index contributed by atoms with van der Waals surface area (Å²) in [5.41, 5.74) is -4.85. The van der Waals surface area contributed by atoms with E-state index in [4.69, 9.17) is 0 Å². The summed E-state index contributed by atoms with van der Waals surface area (Å²) in [5, 5.41) is 0. The average molecular weight is 289 g/mol. The third-order valence-electron chi connectivity index (χ3n) is 1.17.